The summed E-state index contributed by atoms with van der Waals surface area (Å²) in [6, 6.07) is 0.739. The van der Waals surface area contributed by atoms with Gasteiger partial charge in [-0.3, -0.25) is 0 Å². The van der Waals surface area contributed by atoms with Crippen molar-refractivity contribution < 1.29 is 0 Å². The number of piperazine rings is 1. The highest BCUT2D eigenvalue weighted by molar-refractivity contribution is 4.77. The van der Waals surface area contributed by atoms with Crippen LogP contribution >= 0.6 is 0 Å². The number of nitrogens with one attached hydrogen (secondary N) is 1. The second-order valence-corrected chi connectivity index (χ2v) is 4.78. The van der Waals surface area contributed by atoms with E-state index in [0.717, 1.165) is 19.1 Å². The van der Waals surface area contributed by atoms with Crippen molar-refractivity contribution in [3.8, 4) is 0 Å². The second-order valence-electron chi connectivity index (χ2n) is 4.78. The van der Waals surface area contributed by atoms with Crippen LogP contribution in [-0.4, -0.2) is 62.7 Å². The van der Waals surface area contributed by atoms with Crippen LogP contribution in [0, 0.1) is 0 Å². The van der Waals surface area contributed by atoms with Gasteiger partial charge in [-0.2, -0.15) is 0 Å². The average Bonchev–Trinajstić information content (AvgIpc) is 2.25. The summed E-state index contributed by atoms with van der Waals surface area (Å²) in [5, 5.41) is 3.47. The second kappa shape index (κ2) is 7.20. The first-order valence-corrected chi connectivity index (χ1v) is 6.33. The van der Waals surface area contributed by atoms with Crippen molar-refractivity contribution in [2.24, 2.45) is 0 Å². The fraction of sp³-hybridized carbons (Fsp3) is 1.00. The highest BCUT2D eigenvalue weighted by Gasteiger charge is 2.18. The van der Waals surface area contributed by atoms with E-state index in [4.69, 9.17) is 0 Å². The normalized spacial score (nSPS) is 23.6. The van der Waals surface area contributed by atoms with E-state index in [9.17, 15) is 0 Å². The fourth-order valence-corrected chi connectivity index (χ4v) is 2.09. The summed E-state index contributed by atoms with van der Waals surface area (Å²) in [4.78, 5) is 4.95. The minimum absolute atomic E-state index is 0.739. The van der Waals surface area contributed by atoms with Crippen molar-refractivity contribution in [3.63, 3.8) is 0 Å². The molecule has 1 saturated heterocycles. The lowest BCUT2D eigenvalue weighted by molar-refractivity contribution is 0.172. The molecule has 1 aliphatic rings. The molecule has 0 bridgehead atoms. The molecule has 1 aliphatic heterocycles. The molecule has 90 valence electrons. The van der Waals surface area contributed by atoms with Gasteiger partial charge in [0, 0.05) is 25.7 Å². The summed E-state index contributed by atoms with van der Waals surface area (Å²) in [5.41, 5.74) is 0. The number of hydrogen-bond donors (Lipinski definition) is 1. The monoisotopic (exact) mass is 213 g/mol. The van der Waals surface area contributed by atoms with Crippen LogP contribution in [0.1, 0.15) is 26.2 Å². The summed E-state index contributed by atoms with van der Waals surface area (Å²) < 4.78 is 0. The molecule has 0 spiro atoms. The third-order valence-corrected chi connectivity index (χ3v) is 3.38. The van der Waals surface area contributed by atoms with Gasteiger partial charge in [-0.15, -0.1) is 0 Å². The Kier molecular flexibility index (Phi) is 6.22. The standard InChI is InChI=1S/C12H27N3/c1-4-5-8-14(2)9-6-12-11-13-7-10-15(12)3/h12-13H,4-11H2,1-3H3. The molecule has 0 amide bonds. The Morgan fingerprint density at radius 2 is 2.20 bits per heavy atom. The Bertz CT molecular complexity index is 161. The summed E-state index contributed by atoms with van der Waals surface area (Å²) in [7, 11) is 4.49. The Morgan fingerprint density at radius 1 is 1.40 bits per heavy atom. The van der Waals surface area contributed by atoms with Gasteiger partial charge in [-0.25, -0.2) is 0 Å². The van der Waals surface area contributed by atoms with E-state index >= 15 is 0 Å². The molecule has 0 saturated carbocycles. The van der Waals surface area contributed by atoms with Gasteiger partial charge in [0.1, 0.15) is 0 Å². The van der Waals surface area contributed by atoms with Gasteiger partial charge in [-0.1, -0.05) is 13.3 Å². The molecule has 1 heterocycles. The number of hydrogen-bond acceptors (Lipinski definition) is 3. The molecule has 1 rings (SSSR count). The fourth-order valence-electron chi connectivity index (χ4n) is 2.09. The minimum Gasteiger partial charge on any atom is -0.314 e. The van der Waals surface area contributed by atoms with Crippen LogP contribution in [0.2, 0.25) is 0 Å². The first-order chi connectivity index (χ1) is 7.24. The van der Waals surface area contributed by atoms with Crippen molar-refractivity contribution in [2.45, 2.75) is 32.2 Å². The lowest BCUT2D eigenvalue weighted by Gasteiger charge is -2.34. The molecule has 15 heavy (non-hydrogen) atoms. The summed E-state index contributed by atoms with van der Waals surface area (Å²) in [6.45, 7) is 8.25. The largest absolute Gasteiger partial charge is 0.314 e. The summed E-state index contributed by atoms with van der Waals surface area (Å²) in [5.74, 6) is 0. The van der Waals surface area contributed by atoms with Gasteiger partial charge in [0.15, 0.2) is 0 Å². The van der Waals surface area contributed by atoms with E-state index in [-0.39, 0.29) is 0 Å². The van der Waals surface area contributed by atoms with Crippen LogP contribution in [0.4, 0.5) is 0 Å². The van der Waals surface area contributed by atoms with Gasteiger partial charge in [0.05, 0.1) is 0 Å². The van der Waals surface area contributed by atoms with Gasteiger partial charge in [0.25, 0.3) is 0 Å². The minimum atomic E-state index is 0.739. The highest BCUT2D eigenvalue weighted by atomic mass is 15.2. The molecule has 1 atom stereocenters. The van der Waals surface area contributed by atoms with Crippen molar-refractivity contribution in [1.29, 1.82) is 0 Å². The van der Waals surface area contributed by atoms with E-state index in [1.54, 1.807) is 0 Å². The number of nitrogens with zero attached hydrogens (tertiary/aromatic N) is 2. The van der Waals surface area contributed by atoms with Crippen molar-refractivity contribution >= 4 is 0 Å². The third kappa shape index (κ3) is 4.96. The Balaban J connectivity index is 2.11. The molecule has 0 aromatic rings. The van der Waals surface area contributed by atoms with Crippen molar-refractivity contribution in [2.75, 3.05) is 46.8 Å². The zero-order chi connectivity index (χ0) is 11.1. The van der Waals surface area contributed by atoms with Gasteiger partial charge < -0.3 is 15.1 Å². The molecule has 0 aliphatic carbocycles. The Hall–Kier alpha value is -0.120. The quantitative estimate of drug-likeness (QED) is 0.710. The van der Waals surface area contributed by atoms with Gasteiger partial charge in [-0.05, 0) is 40.0 Å². The maximum absolute atomic E-state index is 3.47. The number of unbranched alkanes of at least 4 members (excludes halogenated alkanes) is 1. The van der Waals surface area contributed by atoms with Gasteiger partial charge >= 0.3 is 0 Å². The number of likely N-dealkylation sites (N-methyl/N-ethyl adjacent to an activating group) is 1. The van der Waals surface area contributed by atoms with Crippen LogP contribution in [-0.2, 0) is 0 Å². The van der Waals surface area contributed by atoms with Crippen LogP contribution in [0.25, 0.3) is 0 Å². The molecule has 1 fully saturated rings. The lowest BCUT2D eigenvalue weighted by Crippen LogP contribution is -2.50. The molecule has 0 aromatic heterocycles. The molecule has 3 nitrogen and oxygen atoms in total. The highest BCUT2D eigenvalue weighted by Crippen LogP contribution is 2.05. The molecule has 3 heteroatoms. The van der Waals surface area contributed by atoms with E-state index < -0.39 is 0 Å². The van der Waals surface area contributed by atoms with Crippen molar-refractivity contribution in [3.05, 3.63) is 0 Å². The van der Waals surface area contributed by atoms with Gasteiger partial charge in [0.2, 0.25) is 0 Å². The molecule has 1 N–H and O–H groups in total. The predicted octanol–water partition coefficient (Wildman–Crippen LogP) is 1.01. The smallest absolute Gasteiger partial charge is 0.0230 e. The van der Waals surface area contributed by atoms with E-state index in [1.165, 1.54) is 38.9 Å². The molecule has 0 radical (unpaired) electrons. The SMILES string of the molecule is CCCCN(C)CCC1CNCCN1C. The van der Waals surface area contributed by atoms with Crippen molar-refractivity contribution in [1.82, 2.24) is 15.1 Å². The van der Waals surface area contributed by atoms with Crippen LogP contribution in [0.5, 0.6) is 0 Å². The van der Waals surface area contributed by atoms with E-state index in [0.29, 0.717) is 0 Å². The van der Waals surface area contributed by atoms with Crippen LogP contribution < -0.4 is 5.32 Å². The maximum Gasteiger partial charge on any atom is 0.0230 e. The maximum atomic E-state index is 3.47. The lowest BCUT2D eigenvalue weighted by atomic mass is 10.1. The van der Waals surface area contributed by atoms with Crippen LogP contribution in [0.3, 0.4) is 0 Å². The van der Waals surface area contributed by atoms with E-state index in [2.05, 4.69) is 36.1 Å². The molecular weight excluding hydrogens is 186 g/mol. The Labute approximate surface area is 94.8 Å². The molecule has 1 unspecified atom stereocenters. The zero-order valence-electron chi connectivity index (χ0n) is 10.6. The van der Waals surface area contributed by atoms with Crippen LogP contribution in [0.15, 0.2) is 0 Å². The van der Waals surface area contributed by atoms with E-state index in [1.807, 2.05) is 0 Å². The number of rotatable bonds is 6. The first kappa shape index (κ1) is 12.9. The first-order valence-electron chi connectivity index (χ1n) is 6.33. The predicted molar refractivity (Wildman–Crippen MR) is 66.3 cm³/mol. The topological polar surface area (TPSA) is 18.5 Å². The summed E-state index contributed by atoms with van der Waals surface area (Å²) >= 11 is 0. The average molecular weight is 213 g/mol. The molecule has 0 aromatic carbocycles. The summed E-state index contributed by atoms with van der Waals surface area (Å²) in [6.07, 6.45) is 3.92. The third-order valence-electron chi connectivity index (χ3n) is 3.38. The zero-order valence-corrected chi connectivity index (χ0v) is 10.6. The Morgan fingerprint density at radius 3 is 2.87 bits per heavy atom. The molecular formula is C12H27N3.